The van der Waals surface area contributed by atoms with Crippen LogP contribution in [0.4, 0.5) is 11.6 Å². The molecule has 3 aromatic rings. The quantitative estimate of drug-likeness (QED) is 0.652. The van der Waals surface area contributed by atoms with Gasteiger partial charge in [0.05, 0.1) is 17.2 Å². The van der Waals surface area contributed by atoms with E-state index in [1.807, 2.05) is 56.3 Å². The summed E-state index contributed by atoms with van der Waals surface area (Å²) < 4.78 is 5.39. The van der Waals surface area contributed by atoms with Crippen molar-refractivity contribution < 1.29 is 14.4 Å². The highest BCUT2D eigenvalue weighted by molar-refractivity contribution is 6.07. The number of phenolic OH excluding ortho intramolecular Hbond substituents is 1. The van der Waals surface area contributed by atoms with Crippen molar-refractivity contribution in [2.75, 3.05) is 10.6 Å². The fourth-order valence-corrected chi connectivity index (χ4v) is 3.47. The van der Waals surface area contributed by atoms with Crippen LogP contribution in [-0.4, -0.2) is 16.2 Å². The zero-order valence-corrected chi connectivity index (χ0v) is 15.0. The first-order valence-electron chi connectivity index (χ1n) is 8.64. The van der Waals surface area contributed by atoms with E-state index in [9.17, 15) is 9.90 Å². The van der Waals surface area contributed by atoms with Gasteiger partial charge in [-0.15, -0.1) is 0 Å². The van der Waals surface area contributed by atoms with Crippen molar-refractivity contribution in [3.63, 3.8) is 0 Å². The Bertz CT molecular complexity index is 1040. The number of aromatic hydroxyl groups is 1. The number of phenols is 1. The van der Waals surface area contributed by atoms with Gasteiger partial charge in [-0.25, -0.2) is 0 Å². The monoisotopic (exact) mass is 361 g/mol. The smallest absolute Gasteiger partial charge is 0.254 e. The molecule has 136 valence electrons. The highest BCUT2D eigenvalue weighted by Gasteiger charge is 2.37. The van der Waals surface area contributed by atoms with Crippen LogP contribution in [0, 0.1) is 6.92 Å². The summed E-state index contributed by atoms with van der Waals surface area (Å²) in [6.45, 7) is 3.64. The van der Waals surface area contributed by atoms with Crippen molar-refractivity contribution in [2.24, 2.45) is 0 Å². The number of allylic oxidation sites excluding steroid dienone is 1. The van der Waals surface area contributed by atoms with Crippen molar-refractivity contribution in [1.82, 2.24) is 5.16 Å². The maximum atomic E-state index is 13.2. The average molecular weight is 361 g/mol. The summed E-state index contributed by atoms with van der Waals surface area (Å²) in [5, 5.41) is 20.6. The standard InChI is InChI=1S/C21H19N3O3/c1-12-17(20(26)23-14-8-4-3-5-9-14)19(15-10-6-7-11-16(15)25)18-13(2)24-27-21(18)22-12/h3-11,19,22,25H,1-2H3,(H,23,26). The number of benzene rings is 2. The number of carbonyl (C=O) groups excluding carboxylic acids is 1. The van der Waals surface area contributed by atoms with Crippen LogP contribution in [0.15, 0.2) is 70.4 Å². The van der Waals surface area contributed by atoms with Gasteiger partial charge in [-0.05, 0) is 32.0 Å². The number of hydrogen-bond donors (Lipinski definition) is 3. The summed E-state index contributed by atoms with van der Waals surface area (Å²) in [5.41, 5.74) is 3.92. The highest BCUT2D eigenvalue weighted by Crippen LogP contribution is 2.45. The molecule has 1 aromatic heterocycles. The van der Waals surface area contributed by atoms with E-state index in [1.165, 1.54) is 0 Å². The molecule has 1 amide bonds. The van der Waals surface area contributed by atoms with Gasteiger partial charge < -0.3 is 20.3 Å². The van der Waals surface area contributed by atoms with E-state index < -0.39 is 5.92 Å². The second-order valence-electron chi connectivity index (χ2n) is 6.49. The predicted octanol–water partition coefficient (Wildman–Crippen LogP) is 4.16. The first-order chi connectivity index (χ1) is 13.1. The van der Waals surface area contributed by atoms with E-state index in [0.29, 0.717) is 34.1 Å². The lowest BCUT2D eigenvalue weighted by atomic mass is 9.81. The van der Waals surface area contributed by atoms with Gasteiger partial charge in [0, 0.05) is 22.5 Å². The molecule has 2 heterocycles. The van der Waals surface area contributed by atoms with Crippen molar-refractivity contribution in [2.45, 2.75) is 19.8 Å². The molecule has 3 N–H and O–H groups in total. The van der Waals surface area contributed by atoms with E-state index in [4.69, 9.17) is 4.52 Å². The molecule has 2 aromatic carbocycles. The molecular weight excluding hydrogens is 342 g/mol. The number of fused-ring (bicyclic) bond motifs is 1. The van der Waals surface area contributed by atoms with Crippen molar-refractivity contribution in [3.05, 3.63) is 82.7 Å². The predicted molar refractivity (Wildman–Crippen MR) is 103 cm³/mol. The highest BCUT2D eigenvalue weighted by atomic mass is 16.5. The lowest BCUT2D eigenvalue weighted by Gasteiger charge is -2.28. The van der Waals surface area contributed by atoms with Crippen molar-refractivity contribution >= 4 is 17.5 Å². The molecular formula is C21H19N3O3. The fraction of sp³-hybridized carbons (Fsp3) is 0.143. The second kappa shape index (κ2) is 6.64. The normalized spacial score (nSPS) is 15.9. The Morgan fingerprint density at radius 1 is 1.11 bits per heavy atom. The van der Waals surface area contributed by atoms with Crippen LogP contribution in [0.3, 0.4) is 0 Å². The number of hydrogen-bond acceptors (Lipinski definition) is 5. The molecule has 0 aliphatic carbocycles. The maximum Gasteiger partial charge on any atom is 0.254 e. The summed E-state index contributed by atoms with van der Waals surface area (Å²) in [7, 11) is 0. The summed E-state index contributed by atoms with van der Waals surface area (Å²) in [4.78, 5) is 13.2. The van der Waals surface area contributed by atoms with Crippen LogP contribution in [0.2, 0.25) is 0 Å². The SMILES string of the molecule is CC1=C(C(=O)Nc2ccccc2)C(c2ccccc2O)c2c(C)noc2N1. The largest absolute Gasteiger partial charge is 0.508 e. The minimum Gasteiger partial charge on any atom is -0.508 e. The Hall–Kier alpha value is -3.54. The molecule has 0 fully saturated rings. The van der Waals surface area contributed by atoms with Gasteiger partial charge in [0.15, 0.2) is 0 Å². The molecule has 0 spiro atoms. The third kappa shape index (κ3) is 2.95. The molecule has 0 saturated carbocycles. The van der Waals surface area contributed by atoms with Gasteiger partial charge in [-0.1, -0.05) is 41.6 Å². The van der Waals surface area contributed by atoms with Crippen molar-refractivity contribution in [3.8, 4) is 5.75 Å². The topological polar surface area (TPSA) is 87.4 Å². The molecule has 27 heavy (non-hydrogen) atoms. The molecule has 0 saturated heterocycles. The van der Waals surface area contributed by atoms with E-state index in [2.05, 4.69) is 15.8 Å². The van der Waals surface area contributed by atoms with Crippen LogP contribution < -0.4 is 10.6 Å². The average Bonchev–Trinajstić information content (AvgIpc) is 3.02. The van der Waals surface area contributed by atoms with E-state index in [1.54, 1.807) is 12.1 Å². The number of aryl methyl sites for hydroxylation is 1. The van der Waals surface area contributed by atoms with Crippen molar-refractivity contribution in [1.29, 1.82) is 0 Å². The molecule has 1 atom stereocenters. The Balaban J connectivity index is 1.84. The molecule has 1 aliphatic heterocycles. The number of anilines is 2. The van der Waals surface area contributed by atoms with Gasteiger partial charge in [-0.2, -0.15) is 0 Å². The number of amides is 1. The van der Waals surface area contributed by atoms with Crippen LogP contribution in [0.1, 0.15) is 29.7 Å². The summed E-state index contributed by atoms with van der Waals surface area (Å²) in [6.07, 6.45) is 0. The van der Waals surface area contributed by atoms with Gasteiger partial charge in [0.1, 0.15) is 5.75 Å². The minimum atomic E-state index is -0.489. The first kappa shape index (κ1) is 16.9. The first-order valence-corrected chi connectivity index (χ1v) is 8.64. The Morgan fingerprint density at radius 3 is 2.56 bits per heavy atom. The third-order valence-corrected chi connectivity index (χ3v) is 4.71. The number of aromatic nitrogens is 1. The van der Waals surface area contributed by atoms with Crippen LogP contribution in [0.25, 0.3) is 0 Å². The van der Waals surface area contributed by atoms with Gasteiger partial charge >= 0.3 is 0 Å². The van der Waals surface area contributed by atoms with Gasteiger partial charge in [0.2, 0.25) is 5.88 Å². The number of nitrogens with one attached hydrogen (secondary N) is 2. The summed E-state index contributed by atoms with van der Waals surface area (Å²) in [5.74, 6) is -0.119. The van der Waals surface area contributed by atoms with E-state index in [-0.39, 0.29) is 11.7 Å². The van der Waals surface area contributed by atoms with Gasteiger partial charge in [-0.3, -0.25) is 4.79 Å². The lowest BCUT2D eigenvalue weighted by Crippen LogP contribution is -2.27. The molecule has 6 heteroatoms. The Labute approximate surface area is 156 Å². The number of carbonyl (C=O) groups is 1. The van der Waals surface area contributed by atoms with Crippen LogP contribution in [0.5, 0.6) is 5.75 Å². The lowest BCUT2D eigenvalue weighted by molar-refractivity contribution is -0.113. The minimum absolute atomic E-state index is 0.119. The Kier molecular flexibility index (Phi) is 4.16. The molecule has 0 bridgehead atoms. The second-order valence-corrected chi connectivity index (χ2v) is 6.49. The zero-order valence-electron chi connectivity index (χ0n) is 15.0. The van der Waals surface area contributed by atoms with Crippen LogP contribution in [-0.2, 0) is 4.79 Å². The molecule has 4 rings (SSSR count). The molecule has 1 unspecified atom stereocenters. The fourth-order valence-electron chi connectivity index (χ4n) is 3.47. The number of rotatable bonds is 3. The zero-order chi connectivity index (χ0) is 19.0. The van der Waals surface area contributed by atoms with Gasteiger partial charge in [0.25, 0.3) is 5.91 Å². The summed E-state index contributed by atoms with van der Waals surface area (Å²) >= 11 is 0. The van der Waals surface area contributed by atoms with E-state index in [0.717, 1.165) is 5.56 Å². The molecule has 1 aliphatic rings. The Morgan fingerprint density at radius 2 is 1.81 bits per heavy atom. The van der Waals surface area contributed by atoms with E-state index >= 15 is 0 Å². The third-order valence-electron chi connectivity index (χ3n) is 4.71. The molecule has 0 radical (unpaired) electrons. The molecule has 6 nitrogen and oxygen atoms in total. The number of nitrogens with zero attached hydrogens (tertiary/aromatic N) is 1. The maximum absolute atomic E-state index is 13.2. The number of para-hydroxylation sites is 2. The van der Waals surface area contributed by atoms with Crippen LogP contribution >= 0.6 is 0 Å². The summed E-state index contributed by atoms with van der Waals surface area (Å²) in [6, 6.07) is 16.3.